The summed E-state index contributed by atoms with van der Waals surface area (Å²) in [5, 5.41) is 1.34. The molecule has 3 aromatic rings. The summed E-state index contributed by atoms with van der Waals surface area (Å²) in [5.74, 6) is 0.492. The molecule has 0 saturated carbocycles. The average Bonchev–Trinajstić information content (AvgIpc) is 2.98. The fraction of sp³-hybridized carbons (Fsp3) is 0.240. The first-order valence-electron chi connectivity index (χ1n) is 10.7. The Kier molecular flexibility index (Phi) is 6.98. The highest BCUT2D eigenvalue weighted by Gasteiger charge is 2.49. The van der Waals surface area contributed by atoms with Crippen molar-refractivity contribution in [1.82, 2.24) is 9.88 Å². The second-order valence-electron chi connectivity index (χ2n) is 8.42. The van der Waals surface area contributed by atoms with Crippen LogP contribution in [0.15, 0.2) is 60.9 Å². The highest BCUT2D eigenvalue weighted by Crippen LogP contribution is 2.35. The van der Waals surface area contributed by atoms with Crippen LogP contribution in [0.25, 0.3) is 11.1 Å². The van der Waals surface area contributed by atoms with Gasteiger partial charge in [0.05, 0.1) is 28.0 Å². The molecule has 0 unspecified atom stereocenters. The van der Waals surface area contributed by atoms with Crippen LogP contribution in [0.1, 0.15) is 20.3 Å². The lowest BCUT2D eigenvalue weighted by Crippen LogP contribution is -2.44. The SMILES string of the molecule is CC1(C)C(=O)N(c2ccc(N)c(Cl)c2)C(=S)N1CCCOc1ccc(-c2ccncc2)cc1Cl. The van der Waals surface area contributed by atoms with Crippen molar-refractivity contribution in [3.63, 3.8) is 0 Å². The monoisotopic (exact) mass is 514 g/mol. The van der Waals surface area contributed by atoms with Crippen molar-refractivity contribution in [1.29, 1.82) is 0 Å². The van der Waals surface area contributed by atoms with Gasteiger partial charge in [-0.05, 0) is 86.1 Å². The molecular formula is C25H24Cl2N4O2S. The van der Waals surface area contributed by atoms with E-state index in [4.69, 9.17) is 45.9 Å². The highest BCUT2D eigenvalue weighted by molar-refractivity contribution is 7.80. The van der Waals surface area contributed by atoms with Crippen LogP contribution in [0.3, 0.4) is 0 Å². The molecule has 1 fully saturated rings. The zero-order valence-corrected chi connectivity index (χ0v) is 21.1. The number of nitrogen functional groups attached to an aromatic ring is 1. The van der Waals surface area contributed by atoms with Gasteiger partial charge in [0, 0.05) is 18.9 Å². The summed E-state index contributed by atoms with van der Waals surface area (Å²) in [6, 6.07) is 14.6. The summed E-state index contributed by atoms with van der Waals surface area (Å²) in [4.78, 5) is 20.6. The molecule has 9 heteroatoms. The fourth-order valence-electron chi connectivity index (χ4n) is 3.84. The Hall–Kier alpha value is -2.87. The molecule has 0 bridgehead atoms. The predicted octanol–water partition coefficient (Wildman–Crippen LogP) is 5.82. The van der Waals surface area contributed by atoms with Gasteiger partial charge in [-0.2, -0.15) is 0 Å². The van der Waals surface area contributed by atoms with Gasteiger partial charge in [0.2, 0.25) is 0 Å². The number of carbonyl (C=O) groups excluding carboxylic acids is 1. The standard InChI is InChI=1S/C25H24Cl2N4O2S/c1-25(2)23(32)31(18-5-6-21(28)19(26)15-18)24(34)30(25)12-3-13-33-22-7-4-17(14-20(22)27)16-8-10-29-11-9-16/h4-11,14-15H,3,12-13,28H2,1-2H3. The normalized spacial score (nSPS) is 15.2. The average molecular weight is 515 g/mol. The number of carbonyl (C=O) groups is 1. The maximum Gasteiger partial charge on any atom is 0.258 e. The van der Waals surface area contributed by atoms with Crippen LogP contribution >= 0.6 is 35.4 Å². The molecule has 1 aromatic heterocycles. The van der Waals surface area contributed by atoms with Crippen molar-refractivity contribution in [3.8, 4) is 16.9 Å². The number of amides is 1. The third-order valence-corrected chi connectivity index (χ3v) is 6.82. The Bertz CT molecular complexity index is 1240. The summed E-state index contributed by atoms with van der Waals surface area (Å²) in [6.45, 7) is 4.68. The molecule has 2 heterocycles. The van der Waals surface area contributed by atoms with Crippen molar-refractivity contribution in [2.24, 2.45) is 0 Å². The summed E-state index contributed by atoms with van der Waals surface area (Å²) in [6.07, 6.45) is 4.13. The molecule has 176 valence electrons. The maximum absolute atomic E-state index is 13.2. The van der Waals surface area contributed by atoms with Gasteiger partial charge in [0.15, 0.2) is 5.11 Å². The molecule has 34 heavy (non-hydrogen) atoms. The molecule has 2 aromatic carbocycles. The van der Waals surface area contributed by atoms with E-state index in [0.29, 0.717) is 51.9 Å². The lowest BCUT2D eigenvalue weighted by molar-refractivity contribution is -0.123. The summed E-state index contributed by atoms with van der Waals surface area (Å²) >= 11 is 18.3. The van der Waals surface area contributed by atoms with Crippen molar-refractivity contribution in [2.75, 3.05) is 23.8 Å². The Labute approximate surface area is 214 Å². The third kappa shape index (κ3) is 4.69. The Morgan fingerprint density at radius 1 is 1.03 bits per heavy atom. The first-order chi connectivity index (χ1) is 16.2. The minimum atomic E-state index is -0.797. The van der Waals surface area contributed by atoms with Gasteiger partial charge in [-0.3, -0.25) is 14.7 Å². The number of hydrogen-bond donors (Lipinski definition) is 1. The van der Waals surface area contributed by atoms with Crippen molar-refractivity contribution in [3.05, 3.63) is 71.0 Å². The number of halogens is 2. The van der Waals surface area contributed by atoms with Crippen molar-refractivity contribution in [2.45, 2.75) is 25.8 Å². The molecule has 1 aliphatic heterocycles. The second kappa shape index (κ2) is 9.78. The maximum atomic E-state index is 13.2. The van der Waals surface area contributed by atoms with Gasteiger partial charge in [-0.25, -0.2) is 0 Å². The van der Waals surface area contributed by atoms with Crippen LogP contribution in [-0.2, 0) is 4.79 Å². The molecule has 6 nitrogen and oxygen atoms in total. The van der Waals surface area contributed by atoms with Crippen LogP contribution in [0.2, 0.25) is 10.0 Å². The minimum Gasteiger partial charge on any atom is -0.492 e. The number of benzene rings is 2. The molecule has 0 aliphatic carbocycles. The van der Waals surface area contributed by atoms with E-state index < -0.39 is 5.54 Å². The van der Waals surface area contributed by atoms with Crippen molar-refractivity contribution >= 4 is 57.8 Å². The topological polar surface area (TPSA) is 71.7 Å². The first kappa shape index (κ1) is 24.3. The van der Waals surface area contributed by atoms with E-state index in [1.165, 1.54) is 4.90 Å². The number of hydrogen-bond acceptors (Lipinski definition) is 5. The van der Waals surface area contributed by atoms with Gasteiger partial charge in [-0.1, -0.05) is 29.3 Å². The number of ether oxygens (including phenoxy) is 1. The molecule has 0 spiro atoms. The summed E-state index contributed by atoms with van der Waals surface area (Å²) < 4.78 is 5.91. The van der Waals surface area contributed by atoms with E-state index in [1.54, 1.807) is 30.6 Å². The molecule has 1 aliphatic rings. The molecule has 0 radical (unpaired) electrons. The lowest BCUT2D eigenvalue weighted by atomic mass is 10.0. The quantitative estimate of drug-likeness (QED) is 0.243. The number of nitrogens with zero attached hydrogens (tertiary/aromatic N) is 3. The molecule has 0 atom stereocenters. The Morgan fingerprint density at radius 2 is 1.76 bits per heavy atom. The largest absolute Gasteiger partial charge is 0.492 e. The number of aromatic nitrogens is 1. The minimum absolute atomic E-state index is 0.117. The smallest absolute Gasteiger partial charge is 0.258 e. The number of nitrogens with two attached hydrogens (primary N) is 1. The van der Waals surface area contributed by atoms with Gasteiger partial charge in [0.1, 0.15) is 11.3 Å². The second-order valence-corrected chi connectivity index (χ2v) is 9.60. The zero-order valence-electron chi connectivity index (χ0n) is 18.8. The first-order valence-corrected chi connectivity index (χ1v) is 11.9. The summed E-state index contributed by atoms with van der Waals surface area (Å²) in [5.41, 5.74) is 8.08. The zero-order chi connectivity index (χ0) is 24.5. The Balaban J connectivity index is 1.39. The highest BCUT2D eigenvalue weighted by atomic mass is 35.5. The lowest BCUT2D eigenvalue weighted by Gasteiger charge is -2.29. The molecular weight excluding hydrogens is 491 g/mol. The van der Waals surface area contributed by atoms with Crippen LogP contribution < -0.4 is 15.4 Å². The van der Waals surface area contributed by atoms with E-state index >= 15 is 0 Å². The predicted molar refractivity (Wildman–Crippen MR) is 142 cm³/mol. The van der Waals surface area contributed by atoms with Gasteiger partial charge >= 0.3 is 0 Å². The molecule has 4 rings (SSSR count). The van der Waals surface area contributed by atoms with E-state index in [1.807, 2.05) is 49.1 Å². The van der Waals surface area contributed by atoms with Crippen LogP contribution in [-0.4, -0.2) is 39.6 Å². The van der Waals surface area contributed by atoms with Gasteiger partial charge in [-0.15, -0.1) is 0 Å². The van der Waals surface area contributed by atoms with Crippen LogP contribution in [0.5, 0.6) is 5.75 Å². The van der Waals surface area contributed by atoms with Crippen molar-refractivity contribution < 1.29 is 9.53 Å². The third-order valence-electron chi connectivity index (χ3n) is 5.79. The fourth-order valence-corrected chi connectivity index (χ4v) is 4.76. The van der Waals surface area contributed by atoms with Crippen LogP contribution in [0.4, 0.5) is 11.4 Å². The van der Waals surface area contributed by atoms with E-state index in [-0.39, 0.29) is 5.91 Å². The number of rotatable bonds is 7. The molecule has 2 N–H and O–H groups in total. The number of anilines is 2. The molecule has 1 amide bonds. The van der Waals surface area contributed by atoms with Gasteiger partial charge in [0.25, 0.3) is 5.91 Å². The summed E-state index contributed by atoms with van der Waals surface area (Å²) in [7, 11) is 0. The van der Waals surface area contributed by atoms with E-state index in [2.05, 4.69) is 4.98 Å². The van der Waals surface area contributed by atoms with Crippen LogP contribution in [0, 0.1) is 0 Å². The van der Waals surface area contributed by atoms with E-state index in [9.17, 15) is 4.79 Å². The number of pyridine rings is 1. The molecule has 1 saturated heterocycles. The number of thiocarbonyl (C=S) groups is 1. The Morgan fingerprint density at radius 3 is 2.44 bits per heavy atom. The van der Waals surface area contributed by atoms with E-state index in [0.717, 1.165) is 11.1 Å². The van der Waals surface area contributed by atoms with Gasteiger partial charge < -0.3 is 15.4 Å².